The summed E-state index contributed by atoms with van der Waals surface area (Å²) < 4.78 is 2.32. The van der Waals surface area contributed by atoms with Gasteiger partial charge in [0.15, 0.2) is 28.8 Å². The number of hydrogen-bond acceptors (Lipinski definition) is 4. The van der Waals surface area contributed by atoms with Crippen molar-refractivity contribution >= 4 is 33.2 Å². The van der Waals surface area contributed by atoms with Gasteiger partial charge in [-0.05, 0) is 64.7 Å². The molecule has 0 saturated heterocycles. The van der Waals surface area contributed by atoms with Gasteiger partial charge in [0.1, 0.15) is 0 Å². The van der Waals surface area contributed by atoms with E-state index in [1.54, 1.807) is 0 Å². The molecule has 10 rings (SSSR count). The quantitative estimate of drug-likeness (QED) is 0.151. The van der Waals surface area contributed by atoms with Crippen LogP contribution in [0.4, 0.5) is 11.4 Å². The molecule has 0 N–H and O–H groups in total. The van der Waals surface area contributed by atoms with E-state index in [-0.39, 0.29) is 0 Å². The first-order valence-electron chi connectivity index (χ1n) is 19.6. The molecule has 0 aliphatic rings. The molecule has 0 radical (unpaired) electrons. The molecule has 2 heterocycles. The van der Waals surface area contributed by atoms with Crippen molar-refractivity contribution in [3.05, 3.63) is 216 Å². The Morgan fingerprint density at radius 3 is 1.41 bits per heavy atom. The number of hydrogen-bond donors (Lipinski definition) is 0. The van der Waals surface area contributed by atoms with E-state index in [1.165, 1.54) is 0 Å². The highest BCUT2D eigenvalue weighted by molar-refractivity contribution is 6.12. The van der Waals surface area contributed by atoms with Crippen molar-refractivity contribution in [1.82, 2.24) is 19.5 Å². The van der Waals surface area contributed by atoms with E-state index in [1.807, 2.05) is 133 Å². The van der Waals surface area contributed by atoms with Gasteiger partial charge in [-0.25, -0.2) is 24.6 Å². The van der Waals surface area contributed by atoms with Gasteiger partial charge in [0, 0.05) is 38.6 Å². The molecule has 7 heteroatoms. The summed E-state index contributed by atoms with van der Waals surface area (Å²) in [6, 6.07) is 64.4. The Labute approximate surface area is 352 Å². The van der Waals surface area contributed by atoms with Crippen LogP contribution in [0.15, 0.2) is 188 Å². The topological polar surface area (TPSA) is 76.1 Å². The van der Waals surface area contributed by atoms with E-state index in [9.17, 15) is 5.26 Å². The summed E-state index contributed by atoms with van der Waals surface area (Å²) in [5.74, 6) is 1.61. The van der Waals surface area contributed by atoms with Crippen molar-refractivity contribution in [2.75, 3.05) is 0 Å². The van der Waals surface area contributed by atoms with Gasteiger partial charge < -0.3 is 4.57 Å². The molecule has 0 atom stereocenters. The van der Waals surface area contributed by atoms with Gasteiger partial charge in [-0.3, -0.25) is 0 Å². The molecule has 0 spiro atoms. The Kier molecular flexibility index (Phi) is 9.20. The number of fused-ring (bicyclic) bond motifs is 3. The molecular weight excluding hydrogens is 747 g/mol. The second kappa shape index (κ2) is 15.4. The molecule has 0 aliphatic carbocycles. The highest BCUT2D eigenvalue weighted by Gasteiger charge is 2.23. The van der Waals surface area contributed by atoms with Crippen LogP contribution >= 0.6 is 0 Å². The maximum Gasteiger partial charge on any atom is 0.187 e. The van der Waals surface area contributed by atoms with Crippen LogP contribution in [-0.2, 0) is 0 Å². The molecule has 0 aliphatic heterocycles. The molecule has 282 valence electrons. The first-order chi connectivity index (χ1) is 30.1. The first kappa shape index (κ1) is 36.4. The van der Waals surface area contributed by atoms with Gasteiger partial charge in [0.05, 0.1) is 41.5 Å². The highest BCUT2D eigenvalue weighted by Crippen LogP contribution is 2.45. The molecule has 61 heavy (non-hydrogen) atoms. The maximum absolute atomic E-state index is 9.83. The van der Waals surface area contributed by atoms with Crippen LogP contribution in [0.3, 0.4) is 0 Å². The predicted molar refractivity (Wildman–Crippen MR) is 244 cm³/mol. The molecule has 8 aromatic carbocycles. The fourth-order valence-corrected chi connectivity index (χ4v) is 7.94. The predicted octanol–water partition coefficient (Wildman–Crippen LogP) is 13.9. The van der Waals surface area contributed by atoms with Gasteiger partial charge in [-0.2, -0.15) is 5.26 Å². The zero-order valence-corrected chi connectivity index (χ0v) is 32.5. The number of nitrogens with zero attached hydrogens (tertiary/aromatic N) is 7. The van der Waals surface area contributed by atoms with Crippen molar-refractivity contribution in [1.29, 1.82) is 5.26 Å². The Balaban J connectivity index is 1.30. The summed E-state index contributed by atoms with van der Waals surface area (Å²) in [5.41, 5.74) is 12.8. The van der Waals surface area contributed by atoms with Gasteiger partial charge in [-0.15, -0.1) is 0 Å². The third-order valence-electron chi connectivity index (χ3n) is 10.9. The fraction of sp³-hybridized carbons (Fsp3) is 0. The standard InChI is InChI=1S/C54H31N7/c1-56-43-26-21-36(22-27-43)41-25-30-50-48(31-41)45-15-9-10-16-49(45)61(50)51-46(37-19-17-35(34-55)18-20-37)32-42(33-47(51)38-23-28-44(57-2)29-24-38)54-59-52(39-11-5-3-6-12-39)58-53(60-54)40-13-7-4-8-14-40/h3-33H. The van der Waals surface area contributed by atoms with E-state index < -0.39 is 0 Å². The molecule has 0 bridgehead atoms. The highest BCUT2D eigenvalue weighted by atomic mass is 15.0. The van der Waals surface area contributed by atoms with E-state index in [2.05, 4.69) is 74.9 Å². The number of benzene rings is 8. The first-order valence-corrected chi connectivity index (χ1v) is 19.6. The van der Waals surface area contributed by atoms with E-state index in [4.69, 9.17) is 28.1 Å². The van der Waals surface area contributed by atoms with Crippen LogP contribution in [0.25, 0.3) is 105 Å². The lowest BCUT2D eigenvalue weighted by molar-refractivity contribution is 1.07. The SMILES string of the molecule is [C-]#[N+]c1ccc(-c2ccc3c(c2)c2ccccc2n3-c2c(-c3ccc(C#N)cc3)cc(-c3nc(-c4ccccc4)nc(-c4ccccc4)n3)cc2-c2ccc([N+]#[C-])cc2)cc1. The zero-order valence-electron chi connectivity index (χ0n) is 32.5. The summed E-state index contributed by atoms with van der Waals surface area (Å²) in [6.45, 7) is 15.2. The van der Waals surface area contributed by atoms with E-state index >= 15 is 0 Å². The van der Waals surface area contributed by atoms with Crippen LogP contribution in [0.2, 0.25) is 0 Å². The number of para-hydroxylation sites is 1. The third-order valence-corrected chi connectivity index (χ3v) is 10.9. The van der Waals surface area contributed by atoms with Crippen molar-refractivity contribution < 1.29 is 0 Å². The molecule has 0 amide bonds. The molecule has 10 aromatic rings. The third kappa shape index (κ3) is 6.73. The number of nitriles is 1. The Bertz CT molecular complexity index is 3270. The minimum absolute atomic E-state index is 0.504. The summed E-state index contributed by atoms with van der Waals surface area (Å²) in [7, 11) is 0. The summed E-state index contributed by atoms with van der Waals surface area (Å²) in [4.78, 5) is 22.5. The second-order valence-electron chi connectivity index (χ2n) is 14.5. The van der Waals surface area contributed by atoms with Crippen LogP contribution in [0.5, 0.6) is 0 Å². The molecule has 0 saturated carbocycles. The summed E-state index contributed by atoms with van der Waals surface area (Å²) >= 11 is 0. The van der Waals surface area contributed by atoms with Crippen molar-refractivity contribution in [2.24, 2.45) is 0 Å². The average molecular weight is 778 g/mol. The van der Waals surface area contributed by atoms with Crippen molar-refractivity contribution in [3.63, 3.8) is 0 Å². The van der Waals surface area contributed by atoms with E-state index in [0.717, 1.165) is 77.6 Å². The average Bonchev–Trinajstić information content (AvgIpc) is 3.67. The zero-order chi connectivity index (χ0) is 41.3. The maximum atomic E-state index is 9.83. The number of rotatable bonds is 7. The normalized spacial score (nSPS) is 10.9. The van der Waals surface area contributed by atoms with Gasteiger partial charge >= 0.3 is 0 Å². The molecule has 0 fully saturated rings. The Morgan fingerprint density at radius 1 is 0.410 bits per heavy atom. The summed E-state index contributed by atoms with van der Waals surface area (Å²) in [5, 5.41) is 12.0. The molecule has 2 aromatic heterocycles. The van der Waals surface area contributed by atoms with Crippen LogP contribution in [-0.4, -0.2) is 19.5 Å². The molecule has 0 unspecified atom stereocenters. The lowest BCUT2D eigenvalue weighted by atomic mass is 9.92. The lowest BCUT2D eigenvalue weighted by Gasteiger charge is -2.21. The molecular formula is C54H31N7. The minimum Gasteiger partial charge on any atom is -0.308 e. The van der Waals surface area contributed by atoms with E-state index in [0.29, 0.717) is 34.4 Å². The van der Waals surface area contributed by atoms with Crippen LogP contribution in [0.1, 0.15) is 5.56 Å². The lowest BCUT2D eigenvalue weighted by Crippen LogP contribution is -2.04. The van der Waals surface area contributed by atoms with Crippen LogP contribution in [0, 0.1) is 24.5 Å². The fourth-order valence-electron chi connectivity index (χ4n) is 7.94. The van der Waals surface area contributed by atoms with Crippen molar-refractivity contribution in [3.8, 4) is 79.3 Å². The van der Waals surface area contributed by atoms with Gasteiger partial charge in [0.25, 0.3) is 0 Å². The Hall–Kier alpha value is -8.96. The molecule has 7 nitrogen and oxygen atoms in total. The monoisotopic (exact) mass is 777 g/mol. The van der Waals surface area contributed by atoms with Gasteiger partial charge in [-0.1, -0.05) is 146 Å². The van der Waals surface area contributed by atoms with Gasteiger partial charge in [0.2, 0.25) is 0 Å². The summed E-state index contributed by atoms with van der Waals surface area (Å²) in [6.07, 6.45) is 0. The largest absolute Gasteiger partial charge is 0.308 e. The van der Waals surface area contributed by atoms with Crippen LogP contribution < -0.4 is 0 Å². The number of aromatic nitrogens is 4. The second-order valence-corrected chi connectivity index (χ2v) is 14.5. The van der Waals surface area contributed by atoms with Crippen molar-refractivity contribution in [2.45, 2.75) is 0 Å². The Morgan fingerprint density at radius 2 is 0.869 bits per heavy atom. The minimum atomic E-state index is 0.504. The smallest absolute Gasteiger partial charge is 0.187 e.